The van der Waals surface area contributed by atoms with Gasteiger partial charge in [0.1, 0.15) is 5.75 Å². The highest BCUT2D eigenvalue weighted by Gasteiger charge is 2.41. The Balaban J connectivity index is 3.62. The third kappa shape index (κ3) is 2.87. The molecule has 0 radical (unpaired) electrons. The van der Waals surface area contributed by atoms with Crippen LogP contribution in [0.3, 0.4) is 0 Å². The number of phenols is 1. The number of phenolic OH excluding ortho intramolecular Hbond substituents is 1. The standard InChI is InChI=1S/C9H3ClF6O2/c10-7(18)3-1-6(17)5(9(14,15)16)2-4(3)8(11,12)13/h1-2,17H. The number of halogens is 7. The first-order valence-corrected chi connectivity index (χ1v) is 4.53. The van der Waals surface area contributed by atoms with Crippen LogP contribution in [0, 0.1) is 0 Å². The Morgan fingerprint density at radius 2 is 1.44 bits per heavy atom. The molecule has 1 N–H and O–H groups in total. The zero-order valence-electron chi connectivity index (χ0n) is 8.16. The van der Waals surface area contributed by atoms with E-state index < -0.39 is 40.0 Å². The molecular weight excluding hydrogens is 290 g/mol. The minimum absolute atomic E-state index is 0.0426. The van der Waals surface area contributed by atoms with Crippen LogP contribution in [0.15, 0.2) is 12.1 Å². The van der Waals surface area contributed by atoms with Crippen molar-refractivity contribution in [1.82, 2.24) is 0 Å². The van der Waals surface area contributed by atoms with E-state index in [2.05, 4.69) is 0 Å². The van der Waals surface area contributed by atoms with Crippen molar-refractivity contribution in [3.63, 3.8) is 0 Å². The first-order valence-electron chi connectivity index (χ1n) is 4.16. The first-order chi connectivity index (χ1) is 7.94. The lowest BCUT2D eigenvalue weighted by Gasteiger charge is -2.15. The molecule has 1 aromatic rings. The van der Waals surface area contributed by atoms with Crippen LogP contribution in [0.1, 0.15) is 21.5 Å². The van der Waals surface area contributed by atoms with Crippen molar-refractivity contribution < 1.29 is 36.2 Å². The fraction of sp³-hybridized carbons (Fsp3) is 0.222. The highest BCUT2D eigenvalue weighted by Crippen LogP contribution is 2.42. The largest absolute Gasteiger partial charge is 0.507 e. The van der Waals surface area contributed by atoms with Gasteiger partial charge in [0.15, 0.2) is 0 Å². The summed E-state index contributed by atoms with van der Waals surface area (Å²) in [5.41, 5.74) is -4.99. The molecule has 0 aromatic heterocycles. The van der Waals surface area contributed by atoms with Gasteiger partial charge >= 0.3 is 12.4 Å². The molecule has 0 saturated heterocycles. The summed E-state index contributed by atoms with van der Waals surface area (Å²) >= 11 is 4.82. The van der Waals surface area contributed by atoms with Crippen molar-refractivity contribution in [2.24, 2.45) is 0 Å². The first kappa shape index (κ1) is 14.6. The maximum Gasteiger partial charge on any atom is 0.419 e. The number of carbonyl (C=O) groups is 1. The molecule has 0 saturated carbocycles. The summed E-state index contributed by atoms with van der Waals surface area (Å²) in [6.07, 6.45) is -10.4. The van der Waals surface area contributed by atoms with Crippen molar-refractivity contribution in [2.45, 2.75) is 12.4 Å². The molecule has 100 valence electrons. The Bertz CT molecular complexity index is 491. The second kappa shape index (κ2) is 4.34. The van der Waals surface area contributed by atoms with Gasteiger partial charge in [0.25, 0.3) is 5.24 Å². The molecule has 1 rings (SSSR count). The number of hydrogen-bond acceptors (Lipinski definition) is 2. The van der Waals surface area contributed by atoms with E-state index in [1.54, 1.807) is 0 Å². The van der Waals surface area contributed by atoms with Gasteiger partial charge in [-0.25, -0.2) is 0 Å². The third-order valence-corrected chi connectivity index (χ3v) is 2.16. The van der Waals surface area contributed by atoms with Gasteiger partial charge in [-0.3, -0.25) is 4.79 Å². The number of rotatable bonds is 1. The maximum absolute atomic E-state index is 12.4. The molecule has 9 heteroatoms. The Morgan fingerprint density at radius 1 is 1.00 bits per heavy atom. The number of carbonyl (C=O) groups excluding carboxylic acids is 1. The van der Waals surface area contributed by atoms with Gasteiger partial charge in [0.2, 0.25) is 0 Å². The minimum Gasteiger partial charge on any atom is -0.507 e. The summed E-state index contributed by atoms with van der Waals surface area (Å²) in [5, 5.41) is 7.35. The summed E-state index contributed by atoms with van der Waals surface area (Å²) in [6, 6.07) is -0.314. The lowest BCUT2D eigenvalue weighted by Crippen LogP contribution is -2.15. The number of aromatic hydroxyl groups is 1. The van der Waals surface area contributed by atoms with E-state index in [9.17, 15) is 31.1 Å². The Kier molecular flexibility index (Phi) is 3.53. The minimum atomic E-state index is -5.20. The average Bonchev–Trinajstić information content (AvgIpc) is 2.12. The molecule has 1 aromatic carbocycles. The van der Waals surface area contributed by atoms with Crippen molar-refractivity contribution in [1.29, 1.82) is 0 Å². The van der Waals surface area contributed by atoms with Crippen LogP contribution in [-0.2, 0) is 12.4 Å². The van der Waals surface area contributed by atoms with E-state index in [1.165, 1.54) is 0 Å². The molecule has 0 unspecified atom stereocenters. The van der Waals surface area contributed by atoms with Crippen LogP contribution in [0.25, 0.3) is 0 Å². The van der Waals surface area contributed by atoms with Gasteiger partial charge in [-0.05, 0) is 23.7 Å². The van der Waals surface area contributed by atoms with E-state index in [4.69, 9.17) is 16.7 Å². The van der Waals surface area contributed by atoms with Crippen LogP contribution in [-0.4, -0.2) is 10.3 Å². The van der Waals surface area contributed by atoms with Gasteiger partial charge in [-0.15, -0.1) is 0 Å². The number of benzene rings is 1. The normalized spacial score (nSPS) is 12.6. The van der Waals surface area contributed by atoms with Gasteiger partial charge in [0.05, 0.1) is 11.1 Å². The fourth-order valence-corrected chi connectivity index (χ4v) is 1.37. The molecule has 0 heterocycles. The Labute approximate surface area is 101 Å². The zero-order chi connectivity index (χ0) is 14.3. The number of hydrogen-bond donors (Lipinski definition) is 1. The van der Waals surface area contributed by atoms with Crippen molar-refractivity contribution >= 4 is 16.8 Å². The molecule has 18 heavy (non-hydrogen) atoms. The molecule has 0 spiro atoms. The smallest absolute Gasteiger partial charge is 0.419 e. The summed E-state index contributed by atoms with van der Waals surface area (Å²) in [6.45, 7) is 0. The highest BCUT2D eigenvalue weighted by atomic mass is 35.5. The molecule has 0 bridgehead atoms. The number of alkyl halides is 6. The van der Waals surface area contributed by atoms with E-state index in [0.29, 0.717) is 0 Å². The highest BCUT2D eigenvalue weighted by molar-refractivity contribution is 6.68. The predicted octanol–water partition coefficient (Wildman–Crippen LogP) is 3.81. The molecule has 0 atom stereocenters. The monoisotopic (exact) mass is 292 g/mol. The lowest BCUT2D eigenvalue weighted by atomic mass is 10.0. The Morgan fingerprint density at radius 3 is 1.78 bits per heavy atom. The van der Waals surface area contributed by atoms with Crippen LogP contribution < -0.4 is 0 Å². The summed E-state index contributed by atoms with van der Waals surface area (Å²) < 4.78 is 74.3. The topological polar surface area (TPSA) is 37.3 Å². The van der Waals surface area contributed by atoms with Crippen LogP contribution in [0.2, 0.25) is 0 Å². The van der Waals surface area contributed by atoms with Crippen LogP contribution in [0.5, 0.6) is 5.75 Å². The molecule has 0 amide bonds. The summed E-state index contributed by atoms with van der Waals surface area (Å²) in [4.78, 5) is 10.7. The molecule has 0 fully saturated rings. The van der Waals surface area contributed by atoms with Crippen LogP contribution in [0.4, 0.5) is 26.3 Å². The predicted molar refractivity (Wildman–Crippen MR) is 48.3 cm³/mol. The average molecular weight is 293 g/mol. The van der Waals surface area contributed by atoms with Crippen molar-refractivity contribution in [3.05, 3.63) is 28.8 Å². The third-order valence-electron chi connectivity index (χ3n) is 1.96. The molecule has 2 nitrogen and oxygen atoms in total. The van der Waals surface area contributed by atoms with Gasteiger partial charge in [-0.2, -0.15) is 26.3 Å². The van der Waals surface area contributed by atoms with E-state index in [1.807, 2.05) is 0 Å². The summed E-state index contributed by atoms with van der Waals surface area (Å²) in [5.74, 6) is -1.50. The van der Waals surface area contributed by atoms with Gasteiger partial charge in [-0.1, -0.05) is 0 Å². The van der Waals surface area contributed by atoms with Crippen molar-refractivity contribution in [2.75, 3.05) is 0 Å². The quantitative estimate of drug-likeness (QED) is 0.631. The van der Waals surface area contributed by atoms with Crippen molar-refractivity contribution in [3.8, 4) is 5.75 Å². The fourth-order valence-electron chi connectivity index (χ4n) is 1.21. The second-order valence-electron chi connectivity index (χ2n) is 3.18. The molecule has 0 aliphatic carbocycles. The molecule has 0 aliphatic heterocycles. The second-order valence-corrected chi connectivity index (χ2v) is 3.53. The van der Waals surface area contributed by atoms with Crippen LogP contribution >= 0.6 is 11.6 Å². The zero-order valence-corrected chi connectivity index (χ0v) is 8.91. The van der Waals surface area contributed by atoms with Gasteiger partial charge in [0, 0.05) is 5.56 Å². The van der Waals surface area contributed by atoms with E-state index in [0.717, 1.165) is 0 Å². The molecular formula is C9H3ClF6O2. The molecule has 0 aliphatic rings. The maximum atomic E-state index is 12.4. The van der Waals surface area contributed by atoms with Gasteiger partial charge < -0.3 is 5.11 Å². The summed E-state index contributed by atoms with van der Waals surface area (Å²) in [7, 11) is 0. The lowest BCUT2D eigenvalue weighted by molar-refractivity contribution is -0.143. The van der Waals surface area contributed by atoms with E-state index in [-0.39, 0.29) is 12.1 Å². The Hall–Kier alpha value is -1.44. The van der Waals surface area contributed by atoms with E-state index >= 15 is 0 Å². The SMILES string of the molecule is O=C(Cl)c1cc(O)c(C(F)(F)F)cc1C(F)(F)F.